The molecule has 1 atom stereocenters. The Morgan fingerprint density at radius 3 is 2.33 bits per heavy atom. The first kappa shape index (κ1) is 17.7. The number of rotatable bonds is 8. The summed E-state index contributed by atoms with van der Waals surface area (Å²) in [6, 6.07) is 5.10. The van der Waals surface area contributed by atoms with E-state index in [4.69, 9.17) is 9.29 Å². The lowest BCUT2D eigenvalue weighted by molar-refractivity contribution is -0.138. The molecule has 0 saturated carbocycles. The second-order valence-electron chi connectivity index (χ2n) is 5.12. The Hall–Kier alpha value is -1.40. The lowest BCUT2D eigenvalue weighted by atomic mass is 10.0. The molecule has 6 heteroatoms. The van der Waals surface area contributed by atoms with Gasteiger partial charge in [0.25, 0.3) is 10.1 Å². The summed E-state index contributed by atoms with van der Waals surface area (Å²) >= 11 is 0. The molecule has 1 N–H and O–H groups in total. The van der Waals surface area contributed by atoms with Gasteiger partial charge in [0.1, 0.15) is 5.75 Å². The lowest BCUT2D eigenvalue weighted by Gasteiger charge is -2.11. The Bertz CT molecular complexity index is 548. The predicted molar refractivity (Wildman–Crippen MR) is 79.8 cm³/mol. The monoisotopic (exact) mass is 314 g/mol. The first-order valence-corrected chi connectivity index (χ1v) is 8.58. The number of hydrogen-bond acceptors (Lipinski definition) is 4. The molecule has 21 heavy (non-hydrogen) atoms. The number of carbonyl (C=O) groups excluding carboxylic acids is 1. The van der Waals surface area contributed by atoms with Gasteiger partial charge in [-0.3, -0.25) is 9.35 Å². The van der Waals surface area contributed by atoms with Crippen LogP contribution in [0.1, 0.15) is 46.0 Å². The van der Waals surface area contributed by atoms with Gasteiger partial charge in [0, 0.05) is 0 Å². The molecule has 1 unspecified atom stereocenters. The van der Waals surface area contributed by atoms with E-state index in [-0.39, 0.29) is 22.5 Å². The molecule has 0 aromatic heterocycles. The normalized spacial score (nSPS) is 12.9. The fourth-order valence-electron chi connectivity index (χ4n) is 1.89. The number of unbranched alkanes of at least 4 members (excludes halogenated alkanes) is 3. The van der Waals surface area contributed by atoms with Crippen molar-refractivity contribution < 1.29 is 22.5 Å². The van der Waals surface area contributed by atoms with Crippen molar-refractivity contribution in [3.63, 3.8) is 0 Å². The summed E-state index contributed by atoms with van der Waals surface area (Å²) in [6.07, 6.45) is 5.20. The van der Waals surface area contributed by atoms with Crippen LogP contribution in [0.2, 0.25) is 0 Å². The van der Waals surface area contributed by atoms with Crippen LogP contribution in [0, 0.1) is 5.92 Å². The van der Waals surface area contributed by atoms with Crippen LogP contribution in [0.5, 0.6) is 5.75 Å². The van der Waals surface area contributed by atoms with E-state index < -0.39 is 10.1 Å². The van der Waals surface area contributed by atoms with Crippen molar-refractivity contribution in [3.8, 4) is 5.75 Å². The zero-order valence-electron chi connectivity index (χ0n) is 12.4. The second-order valence-corrected chi connectivity index (χ2v) is 6.54. The van der Waals surface area contributed by atoms with Crippen LogP contribution in [0.4, 0.5) is 0 Å². The van der Waals surface area contributed by atoms with E-state index in [0.29, 0.717) is 0 Å². The Morgan fingerprint density at radius 1 is 1.19 bits per heavy atom. The number of carbonyl (C=O) groups is 1. The highest BCUT2D eigenvalue weighted by atomic mass is 32.2. The summed E-state index contributed by atoms with van der Waals surface area (Å²) in [6.45, 7) is 3.95. The minimum Gasteiger partial charge on any atom is -0.426 e. The Morgan fingerprint density at radius 2 is 1.81 bits per heavy atom. The van der Waals surface area contributed by atoms with Crippen LogP contribution in [-0.2, 0) is 14.9 Å². The van der Waals surface area contributed by atoms with Crippen LogP contribution in [-0.4, -0.2) is 18.9 Å². The van der Waals surface area contributed by atoms with Gasteiger partial charge in [0.15, 0.2) is 0 Å². The second kappa shape index (κ2) is 8.14. The summed E-state index contributed by atoms with van der Waals surface area (Å²) in [5.74, 6) is -0.248. The highest BCUT2D eigenvalue weighted by molar-refractivity contribution is 7.85. The fraction of sp³-hybridized carbons (Fsp3) is 0.533. The molecule has 1 aromatic carbocycles. The molecule has 0 aliphatic heterocycles. The molecule has 1 aromatic rings. The maximum absolute atomic E-state index is 11.9. The average molecular weight is 314 g/mol. The molecule has 0 radical (unpaired) electrons. The number of hydrogen-bond donors (Lipinski definition) is 1. The van der Waals surface area contributed by atoms with Crippen LogP contribution in [0.3, 0.4) is 0 Å². The lowest BCUT2D eigenvalue weighted by Crippen LogP contribution is -2.17. The van der Waals surface area contributed by atoms with E-state index in [1.807, 2.05) is 6.92 Å². The van der Waals surface area contributed by atoms with Crippen molar-refractivity contribution in [3.05, 3.63) is 24.3 Å². The Kier molecular flexibility index (Phi) is 6.84. The molecule has 0 aliphatic carbocycles. The summed E-state index contributed by atoms with van der Waals surface area (Å²) in [5.41, 5.74) is 0. The van der Waals surface area contributed by atoms with E-state index in [1.165, 1.54) is 30.7 Å². The SMILES string of the molecule is CCCCCCC(C)C(=O)Oc1ccc(S(=O)(=O)O)cc1. The van der Waals surface area contributed by atoms with Crippen molar-refractivity contribution in [2.45, 2.75) is 50.8 Å². The zero-order chi connectivity index (χ0) is 15.9. The first-order chi connectivity index (χ1) is 9.84. The zero-order valence-corrected chi connectivity index (χ0v) is 13.2. The largest absolute Gasteiger partial charge is 0.426 e. The minimum atomic E-state index is -4.22. The van der Waals surface area contributed by atoms with Crippen LogP contribution in [0.25, 0.3) is 0 Å². The molecule has 0 aliphatic rings. The topological polar surface area (TPSA) is 80.7 Å². The third kappa shape index (κ3) is 6.27. The van der Waals surface area contributed by atoms with E-state index in [9.17, 15) is 13.2 Å². The van der Waals surface area contributed by atoms with E-state index >= 15 is 0 Å². The highest BCUT2D eigenvalue weighted by Crippen LogP contribution is 2.18. The fourth-order valence-corrected chi connectivity index (χ4v) is 2.37. The number of ether oxygens (including phenoxy) is 1. The Balaban J connectivity index is 2.51. The summed E-state index contributed by atoms with van der Waals surface area (Å²) in [5, 5.41) is 0. The molecule has 0 bridgehead atoms. The molecule has 0 fully saturated rings. The molecular weight excluding hydrogens is 292 g/mol. The minimum absolute atomic E-state index is 0.192. The molecule has 0 spiro atoms. The van der Waals surface area contributed by atoms with Gasteiger partial charge in [0.05, 0.1) is 10.8 Å². The molecule has 1 rings (SSSR count). The van der Waals surface area contributed by atoms with Gasteiger partial charge in [-0.2, -0.15) is 8.42 Å². The molecule has 5 nitrogen and oxygen atoms in total. The first-order valence-electron chi connectivity index (χ1n) is 7.14. The highest BCUT2D eigenvalue weighted by Gasteiger charge is 2.15. The van der Waals surface area contributed by atoms with Gasteiger partial charge >= 0.3 is 5.97 Å². The van der Waals surface area contributed by atoms with Crippen LogP contribution >= 0.6 is 0 Å². The molecule has 0 saturated heterocycles. The average Bonchev–Trinajstić information content (AvgIpc) is 2.43. The molecular formula is C15H22O5S. The van der Waals surface area contributed by atoms with Gasteiger partial charge in [-0.1, -0.05) is 39.5 Å². The van der Waals surface area contributed by atoms with Gasteiger partial charge < -0.3 is 4.74 Å². The third-order valence-electron chi connectivity index (χ3n) is 3.23. The quantitative estimate of drug-likeness (QED) is 0.344. The standard InChI is InChI=1S/C15H22O5S/c1-3-4-5-6-7-12(2)15(16)20-13-8-10-14(11-9-13)21(17,18)19/h8-12H,3-7H2,1-2H3,(H,17,18,19). The van der Waals surface area contributed by atoms with Gasteiger partial charge in [-0.05, 0) is 30.7 Å². The van der Waals surface area contributed by atoms with Crippen molar-refractivity contribution >= 4 is 16.1 Å². The summed E-state index contributed by atoms with van der Waals surface area (Å²) in [4.78, 5) is 11.6. The van der Waals surface area contributed by atoms with Crippen molar-refractivity contribution in [1.82, 2.24) is 0 Å². The smallest absolute Gasteiger partial charge is 0.314 e. The predicted octanol–water partition coefficient (Wildman–Crippen LogP) is 3.45. The Labute approximate surface area is 126 Å². The number of esters is 1. The molecule has 0 amide bonds. The van der Waals surface area contributed by atoms with E-state index in [1.54, 1.807) is 0 Å². The van der Waals surface area contributed by atoms with Crippen LogP contribution in [0.15, 0.2) is 29.2 Å². The maximum atomic E-state index is 11.9. The van der Waals surface area contributed by atoms with Gasteiger partial charge in [0.2, 0.25) is 0 Å². The maximum Gasteiger partial charge on any atom is 0.314 e. The summed E-state index contributed by atoms with van der Waals surface area (Å²) < 4.78 is 35.8. The van der Waals surface area contributed by atoms with Gasteiger partial charge in [-0.25, -0.2) is 0 Å². The summed E-state index contributed by atoms with van der Waals surface area (Å²) in [7, 11) is -4.22. The third-order valence-corrected chi connectivity index (χ3v) is 4.10. The van der Waals surface area contributed by atoms with Gasteiger partial charge in [-0.15, -0.1) is 0 Å². The number of benzene rings is 1. The van der Waals surface area contributed by atoms with Crippen LogP contribution < -0.4 is 4.74 Å². The molecule has 118 valence electrons. The van der Waals surface area contributed by atoms with Crippen molar-refractivity contribution in [2.24, 2.45) is 5.92 Å². The van der Waals surface area contributed by atoms with Crippen molar-refractivity contribution in [2.75, 3.05) is 0 Å². The van der Waals surface area contributed by atoms with Crippen molar-refractivity contribution in [1.29, 1.82) is 0 Å². The molecule has 0 heterocycles. The van der Waals surface area contributed by atoms with E-state index in [2.05, 4.69) is 6.92 Å². The van der Waals surface area contributed by atoms with E-state index in [0.717, 1.165) is 25.7 Å².